The normalized spacial score (nSPS) is 11.1. The molecule has 23 heavy (non-hydrogen) atoms. The van der Waals surface area contributed by atoms with Gasteiger partial charge in [0.15, 0.2) is 5.69 Å². The maximum Gasteiger partial charge on any atom is 0.446 e. The average Bonchev–Trinajstić information content (AvgIpc) is 3.14. The zero-order valence-corrected chi connectivity index (χ0v) is 14.2. The molecule has 0 atom stereocenters. The summed E-state index contributed by atoms with van der Waals surface area (Å²) in [7, 11) is 0. The van der Waals surface area contributed by atoms with Crippen LogP contribution in [0.2, 0.25) is 5.02 Å². The van der Waals surface area contributed by atoms with Gasteiger partial charge in [0.2, 0.25) is 5.82 Å². The first-order chi connectivity index (χ1) is 11.1. The van der Waals surface area contributed by atoms with Crippen LogP contribution >= 0.6 is 34.5 Å². The van der Waals surface area contributed by atoms with E-state index in [9.17, 15) is 9.18 Å². The second-order valence-corrected chi connectivity index (χ2v) is 5.45. The highest BCUT2D eigenvalue weighted by Crippen LogP contribution is 2.24. The minimum atomic E-state index is -0.768. The Bertz CT molecular complexity index is 893. The van der Waals surface area contributed by atoms with Crippen molar-refractivity contribution >= 4 is 34.5 Å². The van der Waals surface area contributed by atoms with E-state index in [1.54, 1.807) is 0 Å². The van der Waals surface area contributed by atoms with Crippen molar-refractivity contribution in [3.8, 4) is 17.2 Å². The van der Waals surface area contributed by atoms with E-state index in [1.165, 1.54) is 12.1 Å². The van der Waals surface area contributed by atoms with Crippen molar-refractivity contribution in [3.63, 3.8) is 0 Å². The second kappa shape index (κ2) is 6.76. The molecule has 0 aliphatic heterocycles. The molecule has 2 heterocycles. The first kappa shape index (κ1) is 16.1. The molecule has 2 aromatic heterocycles. The zero-order chi connectivity index (χ0) is 16.4. The van der Waals surface area contributed by atoms with E-state index < -0.39 is 11.6 Å². The van der Waals surface area contributed by atoms with Gasteiger partial charge in [0, 0.05) is 0 Å². The minimum Gasteiger partial charge on any atom is -0.601 e. The molecular formula is C12H7ClFIN5O3-. The Kier molecular flexibility index (Phi) is 4.73. The molecule has 0 radical (unpaired) electrons. The second-order valence-electron chi connectivity index (χ2n) is 4.36. The number of halogens is 3. The highest BCUT2D eigenvalue weighted by atomic mass is 127. The lowest BCUT2D eigenvalue weighted by atomic mass is 10.2. The number of hydrogen-bond donors (Lipinski definition) is 0. The Hall–Kier alpha value is -1.79. The first-order valence-corrected chi connectivity index (χ1v) is 7.60. The summed E-state index contributed by atoms with van der Waals surface area (Å²) < 4.78 is 27.8. The highest BCUT2D eigenvalue weighted by molar-refractivity contribution is 14.1. The Balaban J connectivity index is 2.11. The molecule has 3 aromatic rings. The molecule has 0 aliphatic carbocycles. The Morgan fingerprint density at radius 3 is 2.91 bits per heavy atom. The third-order valence-corrected chi connectivity index (χ3v) is 3.74. The lowest BCUT2D eigenvalue weighted by Crippen LogP contribution is -2.14. The van der Waals surface area contributed by atoms with Crippen LogP contribution < -0.4 is 5.76 Å². The van der Waals surface area contributed by atoms with E-state index >= 15 is 0 Å². The molecule has 3 rings (SSSR count). The van der Waals surface area contributed by atoms with Gasteiger partial charge in [0.05, 0.1) is 10.7 Å². The van der Waals surface area contributed by atoms with Crippen LogP contribution in [0.5, 0.6) is 0 Å². The summed E-state index contributed by atoms with van der Waals surface area (Å²) in [5, 5.41) is 11.1. The summed E-state index contributed by atoms with van der Waals surface area (Å²) in [4.78, 5) is 12.0. The predicted octanol–water partition coefficient (Wildman–Crippen LogP) is 2.93. The zero-order valence-electron chi connectivity index (χ0n) is 11.2. The lowest BCUT2D eigenvalue weighted by Gasteiger charge is -2.07. The highest BCUT2D eigenvalue weighted by Gasteiger charge is 2.22. The van der Waals surface area contributed by atoms with Crippen molar-refractivity contribution in [2.75, 3.05) is 6.54 Å². The lowest BCUT2D eigenvalue weighted by molar-refractivity contribution is 0.304. The van der Waals surface area contributed by atoms with Gasteiger partial charge in [-0.15, -0.1) is 6.54 Å². The molecule has 1 aromatic carbocycles. The largest absolute Gasteiger partial charge is 0.601 e. The first-order valence-electron chi connectivity index (χ1n) is 6.25. The van der Waals surface area contributed by atoms with Gasteiger partial charge in [-0.25, -0.2) is 41.2 Å². The molecule has 0 aliphatic rings. The average molecular weight is 451 g/mol. The summed E-state index contributed by atoms with van der Waals surface area (Å²) in [6.07, 6.45) is 0.451. The van der Waals surface area contributed by atoms with Crippen molar-refractivity contribution in [1.82, 2.24) is 20.0 Å². The predicted molar refractivity (Wildman–Crippen MR) is 86.3 cm³/mol. The van der Waals surface area contributed by atoms with Crippen LogP contribution in [0.1, 0.15) is 5.69 Å². The number of aromatic nitrogens is 4. The molecular weight excluding hydrogens is 444 g/mol. The fraction of sp³-hybridized carbons (Fsp3) is 0.167. The summed E-state index contributed by atoms with van der Waals surface area (Å²) in [5.74, 6) is -1.29. The van der Waals surface area contributed by atoms with Crippen LogP contribution in [0.4, 0.5) is 4.39 Å². The number of nitrogens with zero attached hydrogens (tertiary/aromatic N) is 5. The quantitative estimate of drug-likeness (QED) is 0.554. The monoisotopic (exact) mass is 450 g/mol. The molecule has 0 bridgehead atoms. The summed E-state index contributed by atoms with van der Waals surface area (Å²) in [6.45, 7) is 0.492. The van der Waals surface area contributed by atoms with Crippen molar-refractivity contribution in [2.45, 2.75) is 6.42 Å². The van der Waals surface area contributed by atoms with Crippen LogP contribution in [0.3, 0.4) is 0 Å². The Labute approximate surface area is 147 Å². The van der Waals surface area contributed by atoms with Gasteiger partial charge in [-0.05, 0) is 29.8 Å². The molecule has 0 amide bonds. The van der Waals surface area contributed by atoms with E-state index in [2.05, 4.69) is 23.5 Å². The fourth-order valence-electron chi connectivity index (χ4n) is 1.94. The Morgan fingerprint density at radius 1 is 1.35 bits per heavy atom. The van der Waals surface area contributed by atoms with Crippen LogP contribution in [-0.4, -0.2) is 26.6 Å². The van der Waals surface area contributed by atoms with Gasteiger partial charge in [-0.1, -0.05) is 21.9 Å². The standard InChI is InChI=1S/C12H7ClFIN5O3/c13-7-5-6(1-2-8(7)14)20-11(19-22-12(20)21)10-9(3-4-16-15)17-23-18-10/h1-2,5H,3-4H2/q-1. The molecule has 0 spiro atoms. The molecule has 120 valence electrons. The van der Waals surface area contributed by atoms with Gasteiger partial charge in [-0.3, -0.25) is 4.52 Å². The fourth-order valence-corrected chi connectivity index (χ4v) is 2.36. The van der Waals surface area contributed by atoms with Crippen LogP contribution in [0, 0.1) is 5.82 Å². The molecule has 0 fully saturated rings. The molecule has 0 saturated carbocycles. The molecule has 0 unspecified atom stereocenters. The van der Waals surface area contributed by atoms with Gasteiger partial charge in [0.25, 0.3) is 0 Å². The van der Waals surface area contributed by atoms with Crippen molar-refractivity contribution in [3.05, 3.63) is 48.8 Å². The topological polar surface area (TPSA) is 101 Å². The SMILES string of the molecule is O=c1onc(-c2nonc2CC[N-]I)n1-c1ccc(F)c(Cl)c1. The van der Waals surface area contributed by atoms with Crippen molar-refractivity contribution in [1.29, 1.82) is 0 Å². The summed E-state index contributed by atoms with van der Waals surface area (Å²) >= 11 is 7.63. The maximum absolute atomic E-state index is 13.3. The third kappa shape index (κ3) is 3.14. The van der Waals surface area contributed by atoms with Crippen LogP contribution in [-0.2, 0) is 6.42 Å². The van der Waals surface area contributed by atoms with E-state index in [4.69, 9.17) is 16.2 Å². The Morgan fingerprint density at radius 2 is 2.17 bits per heavy atom. The van der Waals surface area contributed by atoms with Crippen molar-refractivity contribution < 1.29 is 13.5 Å². The van der Waals surface area contributed by atoms with Crippen LogP contribution in [0.25, 0.3) is 20.7 Å². The van der Waals surface area contributed by atoms with Gasteiger partial charge >= 0.3 is 5.76 Å². The number of hydrogen-bond acceptors (Lipinski definition) is 6. The molecule has 11 heteroatoms. The minimum absolute atomic E-state index is 0.0855. The molecule has 8 nitrogen and oxygen atoms in total. The van der Waals surface area contributed by atoms with E-state index in [0.29, 0.717) is 18.7 Å². The van der Waals surface area contributed by atoms with Gasteiger partial charge < -0.3 is 3.53 Å². The van der Waals surface area contributed by atoms with Crippen LogP contribution in [0.15, 0.2) is 32.1 Å². The van der Waals surface area contributed by atoms with Gasteiger partial charge in [-0.2, -0.15) is 0 Å². The number of rotatable bonds is 5. The molecule has 0 saturated heterocycles. The summed E-state index contributed by atoms with van der Waals surface area (Å²) in [6, 6.07) is 3.79. The third-order valence-electron chi connectivity index (χ3n) is 2.97. The van der Waals surface area contributed by atoms with Gasteiger partial charge in [0.1, 0.15) is 11.5 Å². The molecule has 0 N–H and O–H groups in total. The van der Waals surface area contributed by atoms with E-state index in [-0.39, 0.29) is 22.2 Å². The summed E-state index contributed by atoms with van der Waals surface area (Å²) in [5.41, 5.74) is 1.00. The van der Waals surface area contributed by atoms with E-state index in [1.807, 2.05) is 22.9 Å². The smallest absolute Gasteiger partial charge is 0.446 e. The maximum atomic E-state index is 13.3. The number of benzene rings is 1. The van der Waals surface area contributed by atoms with Crippen molar-refractivity contribution in [2.24, 2.45) is 0 Å². The van der Waals surface area contributed by atoms with E-state index in [0.717, 1.165) is 10.6 Å².